The van der Waals surface area contributed by atoms with E-state index in [-0.39, 0.29) is 5.11 Å². The minimum Gasteiger partial charge on any atom is -0.423 e. The molecular formula is C17H11ClN2O3S. The molecule has 0 saturated carbocycles. The van der Waals surface area contributed by atoms with Gasteiger partial charge in [0.2, 0.25) is 0 Å². The van der Waals surface area contributed by atoms with Crippen LogP contribution >= 0.6 is 23.8 Å². The molecule has 120 valence electrons. The monoisotopic (exact) mass is 358 g/mol. The molecule has 0 unspecified atom stereocenters. The van der Waals surface area contributed by atoms with Gasteiger partial charge in [0.15, 0.2) is 5.11 Å². The van der Waals surface area contributed by atoms with Crippen molar-refractivity contribution in [2.75, 3.05) is 5.32 Å². The van der Waals surface area contributed by atoms with Crippen LogP contribution in [0.5, 0.6) is 0 Å². The molecule has 2 N–H and O–H groups in total. The molecule has 5 nitrogen and oxygen atoms in total. The van der Waals surface area contributed by atoms with Crippen molar-refractivity contribution in [3.8, 4) is 0 Å². The van der Waals surface area contributed by atoms with Crippen LogP contribution in [0.3, 0.4) is 0 Å². The molecular weight excluding hydrogens is 348 g/mol. The number of halogens is 1. The van der Waals surface area contributed by atoms with Crippen LogP contribution in [0.1, 0.15) is 10.4 Å². The second-order valence-electron chi connectivity index (χ2n) is 4.90. The summed E-state index contributed by atoms with van der Waals surface area (Å²) >= 11 is 11.1. The summed E-state index contributed by atoms with van der Waals surface area (Å²) in [4.78, 5) is 23.3. The Morgan fingerprint density at radius 1 is 1.08 bits per heavy atom. The average Bonchev–Trinajstić information content (AvgIpc) is 2.55. The maximum Gasteiger partial charge on any atom is 0.336 e. The average molecular weight is 359 g/mol. The first kappa shape index (κ1) is 16.2. The molecule has 0 radical (unpaired) electrons. The summed E-state index contributed by atoms with van der Waals surface area (Å²) < 4.78 is 5.06. The lowest BCUT2D eigenvalue weighted by Gasteiger charge is -2.10. The highest BCUT2D eigenvalue weighted by Crippen LogP contribution is 2.18. The van der Waals surface area contributed by atoms with E-state index in [1.165, 1.54) is 6.07 Å². The molecule has 1 aromatic heterocycles. The van der Waals surface area contributed by atoms with Gasteiger partial charge in [0.05, 0.1) is 10.6 Å². The molecule has 7 heteroatoms. The number of carbonyl (C=O) groups excluding carboxylic acids is 1. The predicted molar refractivity (Wildman–Crippen MR) is 97.6 cm³/mol. The first-order valence-corrected chi connectivity index (χ1v) is 7.72. The van der Waals surface area contributed by atoms with Crippen LogP contribution < -0.4 is 16.3 Å². The highest BCUT2D eigenvalue weighted by molar-refractivity contribution is 7.80. The van der Waals surface area contributed by atoms with E-state index in [9.17, 15) is 9.59 Å². The van der Waals surface area contributed by atoms with Crippen molar-refractivity contribution >= 4 is 51.5 Å². The number of nitrogens with one attached hydrogen (secondary N) is 2. The van der Waals surface area contributed by atoms with E-state index in [1.54, 1.807) is 48.5 Å². The first-order chi connectivity index (χ1) is 11.5. The van der Waals surface area contributed by atoms with Crippen molar-refractivity contribution in [1.29, 1.82) is 0 Å². The SMILES string of the molecule is O=C(NC(=S)Nc1ccc2oc(=O)ccc2c1)c1ccccc1Cl. The molecule has 0 fully saturated rings. The second kappa shape index (κ2) is 6.82. The molecule has 24 heavy (non-hydrogen) atoms. The largest absolute Gasteiger partial charge is 0.423 e. The molecule has 0 aliphatic carbocycles. The highest BCUT2D eigenvalue weighted by atomic mass is 35.5. The third kappa shape index (κ3) is 3.61. The van der Waals surface area contributed by atoms with Gasteiger partial charge in [-0.25, -0.2) is 4.79 Å². The van der Waals surface area contributed by atoms with E-state index in [0.717, 1.165) is 5.39 Å². The van der Waals surface area contributed by atoms with Crippen LogP contribution in [0.4, 0.5) is 5.69 Å². The van der Waals surface area contributed by atoms with Gasteiger partial charge in [0.1, 0.15) is 5.58 Å². The zero-order valence-corrected chi connectivity index (χ0v) is 13.8. The second-order valence-corrected chi connectivity index (χ2v) is 5.71. The fourth-order valence-corrected chi connectivity index (χ4v) is 2.56. The molecule has 2 aromatic carbocycles. The predicted octanol–water partition coefficient (Wildman–Crippen LogP) is 3.57. The van der Waals surface area contributed by atoms with Gasteiger partial charge in [-0.2, -0.15) is 0 Å². The number of rotatable bonds is 2. The first-order valence-electron chi connectivity index (χ1n) is 6.94. The van der Waals surface area contributed by atoms with Crippen molar-refractivity contribution in [3.05, 3.63) is 75.6 Å². The molecule has 1 amide bonds. The quantitative estimate of drug-likeness (QED) is 0.541. The van der Waals surface area contributed by atoms with E-state index in [4.69, 9.17) is 28.2 Å². The summed E-state index contributed by atoms with van der Waals surface area (Å²) in [6.45, 7) is 0. The van der Waals surface area contributed by atoms with Crippen molar-refractivity contribution in [2.45, 2.75) is 0 Å². The Morgan fingerprint density at radius 3 is 2.67 bits per heavy atom. The van der Waals surface area contributed by atoms with Crippen LogP contribution in [0.15, 0.2) is 63.8 Å². The Kier molecular flexibility index (Phi) is 4.59. The fourth-order valence-electron chi connectivity index (χ4n) is 2.13. The molecule has 0 spiro atoms. The van der Waals surface area contributed by atoms with Gasteiger partial charge in [-0.3, -0.25) is 10.1 Å². The number of hydrogen-bond acceptors (Lipinski definition) is 4. The zero-order valence-electron chi connectivity index (χ0n) is 12.2. The van der Waals surface area contributed by atoms with E-state index in [2.05, 4.69) is 10.6 Å². The summed E-state index contributed by atoms with van der Waals surface area (Å²) in [6, 6.07) is 14.8. The van der Waals surface area contributed by atoms with Crippen molar-refractivity contribution in [2.24, 2.45) is 0 Å². The van der Waals surface area contributed by atoms with E-state index < -0.39 is 11.5 Å². The van der Waals surface area contributed by atoms with Gasteiger partial charge >= 0.3 is 5.63 Å². The number of fused-ring (bicyclic) bond motifs is 1. The van der Waals surface area contributed by atoms with E-state index >= 15 is 0 Å². The van der Waals surface area contributed by atoms with Crippen LogP contribution in [0, 0.1) is 0 Å². The topological polar surface area (TPSA) is 71.3 Å². The lowest BCUT2D eigenvalue weighted by atomic mass is 10.2. The summed E-state index contributed by atoms with van der Waals surface area (Å²) in [5.74, 6) is -0.398. The van der Waals surface area contributed by atoms with Gasteiger partial charge in [0, 0.05) is 17.1 Å². The fraction of sp³-hybridized carbons (Fsp3) is 0. The standard InChI is InChI=1S/C17H11ClN2O3S/c18-13-4-2-1-3-12(13)16(22)20-17(24)19-11-6-7-14-10(9-11)5-8-15(21)23-14/h1-9H,(H2,19,20,22,24). The number of carbonyl (C=O) groups is 1. The molecule has 0 atom stereocenters. The lowest BCUT2D eigenvalue weighted by molar-refractivity contribution is 0.0978. The van der Waals surface area contributed by atoms with Gasteiger partial charge in [-0.15, -0.1) is 0 Å². The third-order valence-corrected chi connectivity index (χ3v) is 3.76. The van der Waals surface area contributed by atoms with Crippen LogP contribution in [-0.4, -0.2) is 11.0 Å². The minimum absolute atomic E-state index is 0.136. The van der Waals surface area contributed by atoms with Gasteiger partial charge in [-0.1, -0.05) is 23.7 Å². The third-order valence-electron chi connectivity index (χ3n) is 3.22. The Bertz CT molecular complexity index is 1000. The minimum atomic E-state index is -0.411. The normalized spacial score (nSPS) is 10.4. The Balaban J connectivity index is 1.73. The number of amides is 1. The number of anilines is 1. The molecule has 0 aliphatic rings. The van der Waals surface area contributed by atoms with E-state index in [0.29, 0.717) is 21.9 Å². The van der Waals surface area contributed by atoms with Gasteiger partial charge in [-0.05, 0) is 48.6 Å². The molecule has 1 heterocycles. The Morgan fingerprint density at radius 2 is 1.88 bits per heavy atom. The van der Waals surface area contributed by atoms with Crippen molar-refractivity contribution in [3.63, 3.8) is 0 Å². The van der Waals surface area contributed by atoms with Gasteiger partial charge < -0.3 is 9.73 Å². The maximum atomic E-state index is 12.1. The summed E-state index contributed by atoms with van der Waals surface area (Å²) in [7, 11) is 0. The van der Waals surface area contributed by atoms with Crippen LogP contribution in [0.25, 0.3) is 11.0 Å². The number of thiocarbonyl (C=S) groups is 1. The van der Waals surface area contributed by atoms with Crippen LogP contribution in [-0.2, 0) is 0 Å². The summed E-state index contributed by atoms with van der Waals surface area (Å²) in [5.41, 5.74) is 1.05. The van der Waals surface area contributed by atoms with Gasteiger partial charge in [0.25, 0.3) is 5.91 Å². The Hall–Kier alpha value is -2.70. The smallest absolute Gasteiger partial charge is 0.336 e. The number of hydrogen-bond donors (Lipinski definition) is 2. The van der Waals surface area contributed by atoms with Crippen LogP contribution in [0.2, 0.25) is 5.02 Å². The maximum absolute atomic E-state index is 12.1. The van der Waals surface area contributed by atoms with E-state index in [1.807, 2.05) is 0 Å². The lowest BCUT2D eigenvalue weighted by Crippen LogP contribution is -2.34. The number of benzene rings is 2. The van der Waals surface area contributed by atoms with Crippen molar-refractivity contribution < 1.29 is 9.21 Å². The Labute approximate surface area is 147 Å². The molecule has 3 aromatic rings. The zero-order chi connectivity index (χ0) is 17.1. The molecule has 0 aliphatic heterocycles. The molecule has 3 rings (SSSR count). The molecule has 0 saturated heterocycles. The highest BCUT2D eigenvalue weighted by Gasteiger charge is 2.11. The summed E-state index contributed by atoms with van der Waals surface area (Å²) in [5, 5.41) is 6.69. The summed E-state index contributed by atoms with van der Waals surface area (Å²) in [6.07, 6.45) is 0. The van der Waals surface area contributed by atoms with Crippen molar-refractivity contribution in [1.82, 2.24) is 5.32 Å². The molecule has 0 bridgehead atoms.